The van der Waals surface area contributed by atoms with Crippen molar-refractivity contribution in [1.82, 2.24) is 4.90 Å². The Balaban J connectivity index is 1.62. The van der Waals surface area contributed by atoms with Crippen molar-refractivity contribution < 1.29 is 13.2 Å². The molecule has 140 valence electrons. The van der Waals surface area contributed by atoms with Crippen LogP contribution < -0.4 is 0 Å². The van der Waals surface area contributed by atoms with Crippen LogP contribution in [0.5, 0.6) is 0 Å². The first-order valence-corrected chi connectivity index (χ1v) is 11.6. The monoisotopic (exact) mass is 391 g/mol. The SMILES string of the molecule is CC(C)CS(=O)(=O)C1CCN(C(=O)c2ccc(-c3cccs3)cc2)CC1. The molecule has 0 radical (unpaired) electrons. The number of piperidine rings is 1. The quantitative estimate of drug-likeness (QED) is 0.771. The average Bonchev–Trinajstić information content (AvgIpc) is 3.15. The first kappa shape index (κ1) is 19.1. The topological polar surface area (TPSA) is 54.5 Å². The van der Waals surface area contributed by atoms with Crippen LogP contribution in [-0.4, -0.2) is 43.3 Å². The minimum atomic E-state index is -3.06. The molecule has 1 saturated heterocycles. The first-order chi connectivity index (χ1) is 12.4. The summed E-state index contributed by atoms with van der Waals surface area (Å²) < 4.78 is 24.8. The first-order valence-electron chi connectivity index (χ1n) is 9.01. The Hall–Kier alpha value is -1.66. The van der Waals surface area contributed by atoms with E-state index in [0.29, 0.717) is 31.5 Å². The predicted octanol–water partition coefficient (Wildman–Crippen LogP) is 4.09. The van der Waals surface area contributed by atoms with E-state index in [0.717, 1.165) is 5.56 Å². The lowest BCUT2D eigenvalue weighted by molar-refractivity contribution is 0.0725. The van der Waals surface area contributed by atoms with Gasteiger partial charge in [-0.05, 0) is 47.9 Å². The largest absolute Gasteiger partial charge is 0.339 e. The second-order valence-electron chi connectivity index (χ2n) is 7.27. The Kier molecular flexibility index (Phi) is 5.82. The lowest BCUT2D eigenvalue weighted by atomic mass is 10.1. The Labute approximate surface area is 159 Å². The molecule has 26 heavy (non-hydrogen) atoms. The maximum Gasteiger partial charge on any atom is 0.253 e. The van der Waals surface area contributed by atoms with Gasteiger partial charge < -0.3 is 4.90 Å². The van der Waals surface area contributed by atoms with E-state index in [1.165, 1.54) is 4.88 Å². The van der Waals surface area contributed by atoms with Gasteiger partial charge in [-0.25, -0.2) is 8.42 Å². The smallest absolute Gasteiger partial charge is 0.253 e. The molecule has 6 heteroatoms. The fourth-order valence-corrected chi connectivity index (χ4v) is 6.28. The third-order valence-electron chi connectivity index (χ3n) is 4.74. The van der Waals surface area contributed by atoms with Crippen LogP contribution in [0.4, 0.5) is 0 Å². The number of nitrogens with zero attached hydrogens (tertiary/aromatic N) is 1. The molecule has 0 N–H and O–H groups in total. The molecule has 0 aliphatic carbocycles. The van der Waals surface area contributed by atoms with Gasteiger partial charge >= 0.3 is 0 Å². The highest BCUT2D eigenvalue weighted by Gasteiger charge is 2.32. The predicted molar refractivity (Wildman–Crippen MR) is 107 cm³/mol. The molecule has 0 saturated carbocycles. The highest BCUT2D eigenvalue weighted by Crippen LogP contribution is 2.26. The highest BCUT2D eigenvalue weighted by molar-refractivity contribution is 7.92. The van der Waals surface area contributed by atoms with E-state index in [4.69, 9.17) is 0 Å². The molecule has 4 nitrogen and oxygen atoms in total. The van der Waals surface area contributed by atoms with Gasteiger partial charge in [0.05, 0.1) is 11.0 Å². The van der Waals surface area contributed by atoms with E-state index in [2.05, 4.69) is 6.07 Å². The van der Waals surface area contributed by atoms with Crippen LogP contribution in [0.25, 0.3) is 10.4 Å². The molecular formula is C20H25NO3S2. The summed E-state index contributed by atoms with van der Waals surface area (Å²) in [5, 5.41) is 1.72. The summed E-state index contributed by atoms with van der Waals surface area (Å²) in [5.74, 6) is 0.361. The van der Waals surface area contributed by atoms with Crippen molar-refractivity contribution in [3.05, 3.63) is 47.3 Å². The molecule has 1 aromatic heterocycles. The van der Waals surface area contributed by atoms with Crippen LogP contribution in [0.2, 0.25) is 0 Å². The number of sulfone groups is 1. The number of likely N-dealkylation sites (tertiary alicyclic amines) is 1. The van der Waals surface area contributed by atoms with Crippen molar-refractivity contribution in [1.29, 1.82) is 0 Å². The maximum absolute atomic E-state index is 12.7. The van der Waals surface area contributed by atoms with Crippen LogP contribution in [0.3, 0.4) is 0 Å². The number of hydrogen-bond donors (Lipinski definition) is 0. The Morgan fingerprint density at radius 2 is 1.81 bits per heavy atom. The number of thiophene rings is 1. The molecular weight excluding hydrogens is 366 g/mol. The van der Waals surface area contributed by atoms with E-state index >= 15 is 0 Å². The van der Waals surface area contributed by atoms with Crippen molar-refractivity contribution >= 4 is 27.1 Å². The number of carbonyl (C=O) groups excluding carboxylic acids is 1. The van der Waals surface area contributed by atoms with Crippen molar-refractivity contribution in [3.8, 4) is 10.4 Å². The molecule has 0 spiro atoms. The molecule has 0 atom stereocenters. The van der Waals surface area contributed by atoms with Gasteiger partial charge in [0, 0.05) is 23.5 Å². The van der Waals surface area contributed by atoms with E-state index < -0.39 is 9.84 Å². The zero-order valence-corrected chi connectivity index (χ0v) is 16.9. The van der Waals surface area contributed by atoms with Crippen LogP contribution >= 0.6 is 11.3 Å². The van der Waals surface area contributed by atoms with Gasteiger partial charge in [0.2, 0.25) is 0 Å². The maximum atomic E-state index is 12.7. The van der Waals surface area contributed by atoms with Gasteiger partial charge in [-0.1, -0.05) is 32.0 Å². The molecule has 1 aliphatic heterocycles. The lowest BCUT2D eigenvalue weighted by Gasteiger charge is -2.32. The molecule has 1 aliphatic rings. The number of carbonyl (C=O) groups is 1. The van der Waals surface area contributed by atoms with Crippen LogP contribution in [0.1, 0.15) is 37.0 Å². The lowest BCUT2D eigenvalue weighted by Crippen LogP contribution is -2.43. The summed E-state index contributed by atoms with van der Waals surface area (Å²) in [5.41, 5.74) is 1.77. The molecule has 2 aromatic rings. The number of rotatable bonds is 5. The summed E-state index contributed by atoms with van der Waals surface area (Å²) in [6, 6.07) is 11.7. The van der Waals surface area contributed by atoms with Gasteiger partial charge in [0.25, 0.3) is 5.91 Å². The number of amides is 1. The van der Waals surface area contributed by atoms with E-state index in [9.17, 15) is 13.2 Å². The van der Waals surface area contributed by atoms with Crippen molar-refractivity contribution in [2.24, 2.45) is 5.92 Å². The second kappa shape index (κ2) is 7.92. The Bertz CT molecular complexity index is 832. The molecule has 1 amide bonds. The fourth-order valence-electron chi connectivity index (χ4n) is 3.42. The minimum absolute atomic E-state index is 0.0116. The zero-order chi connectivity index (χ0) is 18.7. The summed E-state index contributed by atoms with van der Waals surface area (Å²) >= 11 is 1.67. The van der Waals surface area contributed by atoms with Crippen molar-refractivity contribution in [3.63, 3.8) is 0 Å². The standard InChI is InChI=1S/C20H25NO3S2/c1-15(2)14-26(23,24)18-9-11-21(12-10-18)20(22)17-7-5-16(6-8-17)19-4-3-13-25-19/h3-8,13,15,18H,9-12,14H2,1-2H3. The number of hydrogen-bond acceptors (Lipinski definition) is 4. The zero-order valence-electron chi connectivity index (χ0n) is 15.2. The summed E-state index contributed by atoms with van der Waals surface area (Å²) in [6.07, 6.45) is 1.07. The molecule has 2 heterocycles. The molecule has 1 fully saturated rings. The third kappa shape index (κ3) is 4.35. The molecule has 1 aromatic carbocycles. The third-order valence-corrected chi connectivity index (χ3v) is 8.28. The Morgan fingerprint density at radius 1 is 1.15 bits per heavy atom. The molecule has 0 bridgehead atoms. The van der Waals surface area contributed by atoms with Crippen LogP contribution in [-0.2, 0) is 9.84 Å². The van der Waals surface area contributed by atoms with Crippen molar-refractivity contribution in [2.75, 3.05) is 18.8 Å². The highest BCUT2D eigenvalue weighted by atomic mass is 32.2. The van der Waals surface area contributed by atoms with E-state index in [1.54, 1.807) is 16.2 Å². The van der Waals surface area contributed by atoms with Crippen LogP contribution in [0.15, 0.2) is 41.8 Å². The van der Waals surface area contributed by atoms with E-state index in [-0.39, 0.29) is 22.8 Å². The summed E-state index contributed by atoms with van der Waals surface area (Å²) in [4.78, 5) is 15.7. The Morgan fingerprint density at radius 3 is 2.35 bits per heavy atom. The summed E-state index contributed by atoms with van der Waals surface area (Å²) in [7, 11) is -3.06. The van der Waals surface area contributed by atoms with E-state index in [1.807, 2.05) is 49.6 Å². The second-order valence-corrected chi connectivity index (χ2v) is 10.5. The average molecular weight is 392 g/mol. The minimum Gasteiger partial charge on any atom is -0.339 e. The normalized spacial score (nSPS) is 16.2. The van der Waals surface area contributed by atoms with Gasteiger partial charge in [0.15, 0.2) is 9.84 Å². The van der Waals surface area contributed by atoms with Crippen LogP contribution in [0, 0.1) is 5.92 Å². The number of benzene rings is 1. The fraction of sp³-hybridized carbons (Fsp3) is 0.450. The molecule has 3 rings (SSSR count). The molecule has 0 unspecified atom stereocenters. The van der Waals surface area contributed by atoms with Gasteiger partial charge in [-0.2, -0.15) is 0 Å². The van der Waals surface area contributed by atoms with Gasteiger partial charge in [-0.15, -0.1) is 11.3 Å². The summed E-state index contributed by atoms with van der Waals surface area (Å²) in [6.45, 7) is 4.87. The van der Waals surface area contributed by atoms with Crippen molar-refractivity contribution in [2.45, 2.75) is 31.9 Å². The van der Waals surface area contributed by atoms with Gasteiger partial charge in [-0.3, -0.25) is 4.79 Å². The van der Waals surface area contributed by atoms with Gasteiger partial charge in [0.1, 0.15) is 0 Å².